The van der Waals surface area contributed by atoms with Gasteiger partial charge in [0.2, 0.25) is 12.7 Å². The van der Waals surface area contributed by atoms with Crippen LogP contribution in [-0.4, -0.2) is 11.9 Å². The van der Waals surface area contributed by atoms with E-state index in [1.54, 1.807) is 0 Å². The van der Waals surface area contributed by atoms with Crippen LogP contribution < -0.4 is 15.2 Å². The van der Waals surface area contributed by atoms with Gasteiger partial charge in [-0.2, -0.15) is 0 Å². The van der Waals surface area contributed by atoms with E-state index in [0.29, 0.717) is 21.5 Å². The lowest BCUT2D eigenvalue weighted by Crippen LogP contribution is -1.93. The Hall–Kier alpha value is -1.76. The van der Waals surface area contributed by atoms with Crippen molar-refractivity contribution in [2.75, 3.05) is 12.5 Å². The van der Waals surface area contributed by atoms with E-state index < -0.39 is 5.82 Å². The van der Waals surface area contributed by atoms with Gasteiger partial charge in [0, 0.05) is 11.6 Å². The second kappa shape index (κ2) is 3.63. The van der Waals surface area contributed by atoms with Gasteiger partial charge >= 0.3 is 0 Å². The second-order valence-corrected chi connectivity index (χ2v) is 4.18. The summed E-state index contributed by atoms with van der Waals surface area (Å²) in [6.45, 7) is 0.0654. The van der Waals surface area contributed by atoms with E-state index in [1.807, 2.05) is 0 Å². The minimum atomic E-state index is -0.490. The second-order valence-electron chi connectivity index (χ2n) is 3.38. The van der Waals surface area contributed by atoms with E-state index in [-0.39, 0.29) is 18.2 Å². The maximum atomic E-state index is 14.0. The monoisotopic (exact) mass is 300 g/mol. The molecule has 5 nitrogen and oxygen atoms in total. The van der Waals surface area contributed by atoms with Crippen molar-refractivity contribution in [3.8, 4) is 22.6 Å². The lowest BCUT2D eigenvalue weighted by atomic mass is 10.1. The van der Waals surface area contributed by atoms with Crippen molar-refractivity contribution >= 4 is 21.8 Å². The SMILES string of the molecule is Nc1oncc1-c1c(F)cc2c(c1Br)OCO2. The molecule has 7 heteroatoms. The van der Waals surface area contributed by atoms with Crippen LogP contribution in [0.5, 0.6) is 11.5 Å². The molecule has 0 atom stereocenters. The topological polar surface area (TPSA) is 70.5 Å². The van der Waals surface area contributed by atoms with Crippen LogP contribution in [0.3, 0.4) is 0 Å². The van der Waals surface area contributed by atoms with Gasteiger partial charge in [-0.05, 0) is 15.9 Å². The highest BCUT2D eigenvalue weighted by atomic mass is 79.9. The highest BCUT2D eigenvalue weighted by Crippen LogP contribution is 2.47. The third-order valence-electron chi connectivity index (χ3n) is 2.42. The summed E-state index contributed by atoms with van der Waals surface area (Å²) >= 11 is 3.27. The first kappa shape index (κ1) is 10.4. The highest BCUT2D eigenvalue weighted by molar-refractivity contribution is 9.10. The molecule has 0 saturated heterocycles. The van der Waals surface area contributed by atoms with Crippen LogP contribution >= 0.6 is 15.9 Å². The minimum Gasteiger partial charge on any atom is -0.453 e. The number of hydrogen-bond donors (Lipinski definition) is 1. The summed E-state index contributed by atoms with van der Waals surface area (Å²) in [6.07, 6.45) is 1.35. The minimum absolute atomic E-state index is 0.0449. The van der Waals surface area contributed by atoms with E-state index in [9.17, 15) is 4.39 Å². The fourth-order valence-corrected chi connectivity index (χ4v) is 2.37. The average molecular weight is 301 g/mol. The molecule has 1 aromatic heterocycles. The van der Waals surface area contributed by atoms with Crippen molar-refractivity contribution in [2.45, 2.75) is 0 Å². The normalized spacial score (nSPS) is 13.1. The van der Waals surface area contributed by atoms with Gasteiger partial charge in [-0.25, -0.2) is 4.39 Å². The average Bonchev–Trinajstić information content (AvgIpc) is 2.88. The van der Waals surface area contributed by atoms with E-state index in [0.717, 1.165) is 0 Å². The number of nitrogen functional groups attached to an aromatic ring is 1. The van der Waals surface area contributed by atoms with Gasteiger partial charge < -0.3 is 19.7 Å². The summed E-state index contributed by atoms with van der Waals surface area (Å²) in [4.78, 5) is 0. The molecule has 2 N–H and O–H groups in total. The van der Waals surface area contributed by atoms with Crippen LogP contribution in [0.1, 0.15) is 0 Å². The molecule has 0 saturated carbocycles. The van der Waals surface area contributed by atoms with Crippen molar-refractivity contribution < 1.29 is 18.4 Å². The van der Waals surface area contributed by atoms with Crippen LogP contribution in [-0.2, 0) is 0 Å². The molecule has 0 amide bonds. The lowest BCUT2D eigenvalue weighted by Gasteiger charge is -2.07. The maximum Gasteiger partial charge on any atom is 0.231 e. The van der Waals surface area contributed by atoms with Crippen molar-refractivity contribution in [3.05, 3.63) is 22.6 Å². The molecule has 1 aliphatic heterocycles. The van der Waals surface area contributed by atoms with E-state index in [1.165, 1.54) is 12.3 Å². The smallest absolute Gasteiger partial charge is 0.231 e. The summed E-state index contributed by atoms with van der Waals surface area (Å²) in [6, 6.07) is 1.24. The van der Waals surface area contributed by atoms with Crippen molar-refractivity contribution in [2.24, 2.45) is 0 Å². The molecule has 2 aromatic rings. The van der Waals surface area contributed by atoms with Gasteiger partial charge in [-0.1, -0.05) is 5.16 Å². The first-order valence-electron chi connectivity index (χ1n) is 4.66. The largest absolute Gasteiger partial charge is 0.453 e. The number of anilines is 1. The van der Waals surface area contributed by atoms with Crippen LogP contribution in [0.2, 0.25) is 0 Å². The Balaban J connectivity index is 2.28. The molecule has 3 rings (SSSR count). The molecule has 0 bridgehead atoms. The summed E-state index contributed by atoms with van der Waals surface area (Å²) in [7, 11) is 0. The van der Waals surface area contributed by atoms with Gasteiger partial charge in [0.05, 0.1) is 16.2 Å². The molecule has 1 aliphatic rings. The zero-order valence-electron chi connectivity index (χ0n) is 8.37. The van der Waals surface area contributed by atoms with Gasteiger partial charge in [0.1, 0.15) is 5.82 Å². The number of ether oxygens (including phenoxy) is 2. The molecule has 0 aliphatic carbocycles. The zero-order valence-corrected chi connectivity index (χ0v) is 9.95. The molecule has 0 spiro atoms. The predicted octanol–water partition coefficient (Wildman–Crippen LogP) is 2.55. The predicted molar refractivity (Wildman–Crippen MR) is 60.1 cm³/mol. The Morgan fingerprint density at radius 2 is 2.24 bits per heavy atom. The fraction of sp³-hybridized carbons (Fsp3) is 0.100. The summed E-state index contributed by atoms with van der Waals surface area (Å²) in [5.74, 6) is 0.356. The molecule has 0 fully saturated rings. The number of halogens is 2. The maximum absolute atomic E-state index is 14.0. The number of nitrogens with two attached hydrogens (primary N) is 1. The van der Waals surface area contributed by atoms with Gasteiger partial charge in [0.25, 0.3) is 0 Å². The molecule has 0 unspecified atom stereocenters. The van der Waals surface area contributed by atoms with Crippen molar-refractivity contribution in [1.82, 2.24) is 5.16 Å². The Morgan fingerprint density at radius 1 is 1.41 bits per heavy atom. The van der Waals surface area contributed by atoms with Crippen LogP contribution in [0.15, 0.2) is 21.3 Å². The number of fused-ring (bicyclic) bond motifs is 1. The Bertz CT molecular complexity index is 599. The number of benzene rings is 1. The fourth-order valence-electron chi connectivity index (χ4n) is 1.66. The summed E-state index contributed by atoms with van der Waals surface area (Å²) in [5, 5.41) is 3.51. The summed E-state index contributed by atoms with van der Waals surface area (Å²) in [5.41, 5.74) is 6.18. The number of hydrogen-bond acceptors (Lipinski definition) is 5. The van der Waals surface area contributed by atoms with Crippen LogP contribution in [0.4, 0.5) is 10.3 Å². The third-order valence-corrected chi connectivity index (χ3v) is 3.18. The standard InChI is InChI=1S/C10H6BrFN2O3/c11-8-7(4-2-14-17-10(4)13)5(12)1-6-9(8)16-3-15-6/h1-2H,3,13H2. The summed E-state index contributed by atoms with van der Waals surface area (Å²) < 4.78 is 29.4. The van der Waals surface area contributed by atoms with Crippen LogP contribution in [0.25, 0.3) is 11.1 Å². The Kier molecular flexibility index (Phi) is 2.22. The van der Waals surface area contributed by atoms with E-state index in [4.69, 9.17) is 19.7 Å². The van der Waals surface area contributed by atoms with Crippen molar-refractivity contribution in [3.63, 3.8) is 0 Å². The van der Waals surface area contributed by atoms with Crippen LogP contribution in [0, 0.1) is 5.82 Å². The molecular weight excluding hydrogens is 295 g/mol. The molecule has 88 valence electrons. The van der Waals surface area contributed by atoms with Crippen molar-refractivity contribution in [1.29, 1.82) is 0 Å². The molecule has 17 heavy (non-hydrogen) atoms. The van der Waals surface area contributed by atoms with Gasteiger partial charge in [-0.3, -0.25) is 0 Å². The first-order valence-corrected chi connectivity index (χ1v) is 5.46. The lowest BCUT2D eigenvalue weighted by molar-refractivity contribution is 0.173. The van der Waals surface area contributed by atoms with Gasteiger partial charge in [0.15, 0.2) is 11.5 Å². The molecule has 1 aromatic carbocycles. The first-order chi connectivity index (χ1) is 8.18. The Morgan fingerprint density at radius 3 is 2.94 bits per heavy atom. The Labute approximate surface area is 103 Å². The number of nitrogens with zero attached hydrogens (tertiary/aromatic N) is 1. The molecule has 2 heterocycles. The highest BCUT2D eigenvalue weighted by Gasteiger charge is 2.26. The van der Waals surface area contributed by atoms with E-state index in [2.05, 4.69) is 21.1 Å². The molecule has 0 radical (unpaired) electrons. The third kappa shape index (κ3) is 1.46. The van der Waals surface area contributed by atoms with E-state index >= 15 is 0 Å². The number of aromatic nitrogens is 1. The molecular formula is C10H6BrFN2O3. The zero-order chi connectivity index (χ0) is 12.0. The van der Waals surface area contributed by atoms with Gasteiger partial charge in [-0.15, -0.1) is 0 Å². The quantitative estimate of drug-likeness (QED) is 0.876. The number of rotatable bonds is 1.